The van der Waals surface area contributed by atoms with E-state index in [1.807, 2.05) is 0 Å². The van der Waals surface area contributed by atoms with Crippen LogP contribution in [-0.4, -0.2) is 23.9 Å². The number of carbonyl (C=O) groups excluding carboxylic acids is 2. The van der Waals surface area contributed by atoms with Gasteiger partial charge in [-0.1, -0.05) is 18.2 Å². The predicted molar refractivity (Wildman–Crippen MR) is 86.6 cm³/mol. The van der Waals surface area contributed by atoms with E-state index in [1.54, 1.807) is 42.5 Å². The number of allylic oxidation sites excluding steroid dienone is 1. The average Bonchev–Trinajstić information content (AvgIpc) is 2.82. The Kier molecular flexibility index (Phi) is 3.62. The number of nitrogens with zero attached hydrogens (tertiary/aromatic N) is 1. The van der Waals surface area contributed by atoms with Crippen LogP contribution < -0.4 is 9.64 Å². The Morgan fingerprint density at radius 3 is 2.65 bits per heavy atom. The fraction of sp³-hybridized carbons (Fsp3) is 0.111. The molecule has 23 heavy (non-hydrogen) atoms. The molecule has 0 radical (unpaired) electrons. The summed E-state index contributed by atoms with van der Waals surface area (Å²) in [4.78, 5) is 26.0. The van der Waals surface area contributed by atoms with Gasteiger partial charge in [-0.2, -0.15) is 0 Å². The molecule has 1 heterocycles. The third-order valence-corrected chi connectivity index (χ3v) is 3.69. The summed E-state index contributed by atoms with van der Waals surface area (Å²) in [5, 5.41) is 9.65. The molecule has 1 N–H and O–H groups in total. The molecule has 1 amide bonds. The molecule has 3 rings (SSSR count). The molecule has 5 nitrogen and oxygen atoms in total. The number of hydrogen-bond donors (Lipinski definition) is 1. The second kappa shape index (κ2) is 5.61. The van der Waals surface area contributed by atoms with Gasteiger partial charge in [-0.05, 0) is 35.9 Å². The van der Waals surface area contributed by atoms with Gasteiger partial charge < -0.3 is 9.84 Å². The molecule has 5 heteroatoms. The fourth-order valence-electron chi connectivity index (χ4n) is 2.64. The minimum absolute atomic E-state index is 0.0131. The van der Waals surface area contributed by atoms with Gasteiger partial charge in [0.15, 0.2) is 11.5 Å². The first kappa shape index (κ1) is 14.8. The minimum atomic E-state index is -0.236. The van der Waals surface area contributed by atoms with E-state index in [1.165, 1.54) is 25.0 Å². The molecule has 0 saturated heterocycles. The van der Waals surface area contributed by atoms with E-state index in [0.29, 0.717) is 22.6 Å². The van der Waals surface area contributed by atoms with Gasteiger partial charge in [-0.3, -0.25) is 14.5 Å². The number of rotatable bonds is 2. The van der Waals surface area contributed by atoms with Crippen molar-refractivity contribution in [3.8, 4) is 11.5 Å². The summed E-state index contributed by atoms with van der Waals surface area (Å²) in [6.07, 6.45) is 1.62. The van der Waals surface area contributed by atoms with Crippen LogP contribution in [0.3, 0.4) is 0 Å². The number of fused-ring (bicyclic) bond motifs is 1. The van der Waals surface area contributed by atoms with E-state index in [2.05, 4.69) is 0 Å². The Morgan fingerprint density at radius 2 is 1.96 bits per heavy atom. The van der Waals surface area contributed by atoms with E-state index in [4.69, 9.17) is 4.74 Å². The lowest BCUT2D eigenvalue weighted by Crippen LogP contribution is -2.25. The van der Waals surface area contributed by atoms with Crippen LogP contribution in [0.25, 0.3) is 6.08 Å². The molecule has 0 aliphatic carbocycles. The van der Waals surface area contributed by atoms with Crippen LogP contribution in [0, 0.1) is 0 Å². The molecule has 0 unspecified atom stereocenters. The zero-order chi connectivity index (χ0) is 16.6. The van der Waals surface area contributed by atoms with Crippen molar-refractivity contribution >= 4 is 23.5 Å². The first-order chi connectivity index (χ1) is 11.0. The Morgan fingerprint density at radius 1 is 1.22 bits per heavy atom. The Balaban J connectivity index is 2.12. The molecular formula is C18H15NO4. The molecule has 0 spiro atoms. The summed E-state index contributed by atoms with van der Waals surface area (Å²) >= 11 is 0. The van der Waals surface area contributed by atoms with E-state index in [9.17, 15) is 14.7 Å². The van der Waals surface area contributed by atoms with Crippen LogP contribution in [0.4, 0.5) is 5.69 Å². The van der Waals surface area contributed by atoms with Gasteiger partial charge in [0.25, 0.3) is 0 Å². The quantitative estimate of drug-likeness (QED) is 0.866. The van der Waals surface area contributed by atoms with Crippen molar-refractivity contribution in [3.63, 3.8) is 0 Å². The van der Waals surface area contributed by atoms with Gasteiger partial charge in [-0.25, -0.2) is 0 Å². The molecular weight excluding hydrogens is 294 g/mol. The molecule has 2 aromatic rings. The fourth-order valence-corrected chi connectivity index (χ4v) is 2.64. The number of phenolic OH excluding ortho intramolecular Hbond substituents is 1. The average molecular weight is 309 g/mol. The number of para-hydroxylation sites is 1. The van der Waals surface area contributed by atoms with Gasteiger partial charge in [0, 0.05) is 12.5 Å². The standard InChI is InChI=1S/C18H15NO4/c1-11(20)19-14-6-4-3-5-13(14)18(22)15(19)9-12-7-8-16(21)17(10-12)23-2/h3-10,21H,1-2H3. The first-order valence-corrected chi connectivity index (χ1v) is 7.06. The number of methoxy groups -OCH3 is 1. The number of anilines is 1. The van der Waals surface area contributed by atoms with E-state index in [-0.39, 0.29) is 23.1 Å². The lowest BCUT2D eigenvalue weighted by molar-refractivity contribution is -0.116. The maximum atomic E-state index is 12.6. The molecule has 116 valence electrons. The van der Waals surface area contributed by atoms with E-state index < -0.39 is 0 Å². The largest absolute Gasteiger partial charge is 0.504 e. The van der Waals surface area contributed by atoms with Crippen molar-refractivity contribution in [2.45, 2.75) is 6.92 Å². The molecule has 0 saturated carbocycles. The number of ketones is 1. The van der Waals surface area contributed by atoms with Crippen molar-refractivity contribution in [1.82, 2.24) is 0 Å². The van der Waals surface area contributed by atoms with Gasteiger partial charge in [0.1, 0.15) is 0 Å². The summed E-state index contributed by atoms with van der Waals surface area (Å²) in [6, 6.07) is 11.7. The van der Waals surface area contributed by atoms with Crippen LogP contribution in [0.2, 0.25) is 0 Å². The number of benzene rings is 2. The predicted octanol–water partition coefficient (Wildman–Crippen LogP) is 2.99. The summed E-state index contributed by atoms with van der Waals surface area (Å²) < 4.78 is 5.07. The number of aromatic hydroxyl groups is 1. The summed E-state index contributed by atoms with van der Waals surface area (Å²) in [5.74, 6) is -0.126. The second-order valence-electron chi connectivity index (χ2n) is 5.16. The Labute approximate surface area is 133 Å². The smallest absolute Gasteiger partial charge is 0.228 e. The van der Waals surface area contributed by atoms with Crippen molar-refractivity contribution in [3.05, 3.63) is 59.3 Å². The van der Waals surface area contributed by atoms with Gasteiger partial charge in [-0.15, -0.1) is 0 Å². The van der Waals surface area contributed by atoms with E-state index in [0.717, 1.165) is 0 Å². The number of ether oxygens (including phenoxy) is 1. The lowest BCUT2D eigenvalue weighted by atomic mass is 10.1. The highest BCUT2D eigenvalue weighted by Crippen LogP contribution is 2.36. The van der Waals surface area contributed by atoms with Crippen molar-refractivity contribution < 1.29 is 19.4 Å². The van der Waals surface area contributed by atoms with Crippen LogP contribution in [0.1, 0.15) is 22.8 Å². The van der Waals surface area contributed by atoms with Crippen LogP contribution in [-0.2, 0) is 4.79 Å². The highest BCUT2D eigenvalue weighted by Gasteiger charge is 2.34. The Hall–Kier alpha value is -3.08. The van der Waals surface area contributed by atoms with Gasteiger partial charge >= 0.3 is 0 Å². The summed E-state index contributed by atoms with van der Waals surface area (Å²) in [6.45, 7) is 1.42. The highest BCUT2D eigenvalue weighted by atomic mass is 16.5. The van der Waals surface area contributed by atoms with Crippen LogP contribution in [0.15, 0.2) is 48.2 Å². The molecule has 2 aromatic carbocycles. The number of hydrogen-bond acceptors (Lipinski definition) is 4. The molecule has 1 aliphatic heterocycles. The first-order valence-electron chi connectivity index (χ1n) is 7.06. The van der Waals surface area contributed by atoms with Gasteiger partial charge in [0.2, 0.25) is 11.7 Å². The second-order valence-corrected chi connectivity index (χ2v) is 5.16. The molecule has 0 bridgehead atoms. The molecule has 0 fully saturated rings. The summed E-state index contributed by atoms with van der Waals surface area (Å²) in [7, 11) is 1.45. The van der Waals surface area contributed by atoms with E-state index >= 15 is 0 Å². The number of Topliss-reactive ketones (excluding diaryl/α,β-unsaturated/α-hetero) is 1. The third-order valence-electron chi connectivity index (χ3n) is 3.69. The number of amides is 1. The topological polar surface area (TPSA) is 66.8 Å². The molecule has 0 aromatic heterocycles. The molecule has 0 atom stereocenters. The number of carbonyl (C=O) groups is 2. The zero-order valence-electron chi connectivity index (χ0n) is 12.7. The minimum Gasteiger partial charge on any atom is -0.504 e. The number of phenols is 1. The lowest BCUT2D eigenvalue weighted by Gasteiger charge is -2.16. The maximum Gasteiger partial charge on any atom is 0.228 e. The molecule has 1 aliphatic rings. The normalized spacial score (nSPS) is 15.0. The van der Waals surface area contributed by atoms with Crippen LogP contribution in [0.5, 0.6) is 11.5 Å². The van der Waals surface area contributed by atoms with Crippen molar-refractivity contribution in [1.29, 1.82) is 0 Å². The monoisotopic (exact) mass is 309 g/mol. The van der Waals surface area contributed by atoms with Crippen molar-refractivity contribution in [2.75, 3.05) is 12.0 Å². The Bertz CT molecular complexity index is 839. The van der Waals surface area contributed by atoms with Gasteiger partial charge in [0.05, 0.1) is 18.5 Å². The SMILES string of the molecule is COc1cc(C=C2C(=O)c3ccccc3N2C(C)=O)ccc1O. The van der Waals surface area contributed by atoms with Crippen molar-refractivity contribution in [2.24, 2.45) is 0 Å². The van der Waals surface area contributed by atoms with Crippen LogP contribution >= 0.6 is 0 Å². The summed E-state index contributed by atoms with van der Waals surface area (Å²) in [5.41, 5.74) is 2.02. The highest BCUT2D eigenvalue weighted by molar-refractivity contribution is 6.26. The third kappa shape index (κ3) is 2.46. The zero-order valence-corrected chi connectivity index (χ0v) is 12.7. The maximum absolute atomic E-state index is 12.6.